The highest BCUT2D eigenvalue weighted by molar-refractivity contribution is 7.99. The molecule has 1 unspecified atom stereocenters. The second-order valence-corrected chi connectivity index (χ2v) is 8.06. The Morgan fingerprint density at radius 3 is 2.42 bits per heavy atom. The molecule has 0 radical (unpaired) electrons. The molecule has 1 atom stereocenters. The van der Waals surface area contributed by atoms with Gasteiger partial charge in [-0.1, -0.05) is 0 Å². The Balaban J connectivity index is 1.38. The van der Waals surface area contributed by atoms with E-state index in [0.29, 0.717) is 18.2 Å². The third kappa shape index (κ3) is 5.30. The molecule has 0 aliphatic carbocycles. The normalized spacial score (nSPS) is 22.3. The molecule has 144 valence electrons. The molecule has 1 aromatic rings. The molecule has 2 saturated heterocycles. The summed E-state index contributed by atoms with van der Waals surface area (Å²) >= 11 is 2.02. The zero-order chi connectivity index (χ0) is 18.6. The molecule has 2 heterocycles. The second kappa shape index (κ2) is 8.52. The van der Waals surface area contributed by atoms with Gasteiger partial charge in [-0.2, -0.15) is 24.9 Å². The van der Waals surface area contributed by atoms with Crippen LogP contribution in [-0.4, -0.2) is 48.1 Å². The lowest BCUT2D eigenvalue weighted by Crippen LogP contribution is -2.44. The monoisotopic (exact) mass is 387 g/mol. The number of amides is 2. The molecule has 0 bridgehead atoms. The van der Waals surface area contributed by atoms with Crippen molar-refractivity contribution in [3.8, 4) is 0 Å². The van der Waals surface area contributed by atoms with E-state index in [1.165, 1.54) is 30.1 Å². The highest BCUT2D eigenvalue weighted by atomic mass is 32.2. The van der Waals surface area contributed by atoms with Crippen molar-refractivity contribution in [3.63, 3.8) is 0 Å². The molecule has 1 aromatic carbocycles. The van der Waals surface area contributed by atoms with Crippen LogP contribution < -0.4 is 10.6 Å². The largest absolute Gasteiger partial charge is 0.416 e. The van der Waals surface area contributed by atoms with Gasteiger partial charge in [-0.25, -0.2) is 4.79 Å². The molecule has 26 heavy (non-hydrogen) atoms. The third-order valence-corrected chi connectivity index (χ3v) is 6.24. The maximum atomic E-state index is 12.5. The van der Waals surface area contributed by atoms with Crippen LogP contribution in [0.15, 0.2) is 24.3 Å². The van der Waals surface area contributed by atoms with Gasteiger partial charge >= 0.3 is 12.2 Å². The predicted molar refractivity (Wildman–Crippen MR) is 98.5 cm³/mol. The van der Waals surface area contributed by atoms with Gasteiger partial charge in [0.2, 0.25) is 0 Å². The fourth-order valence-electron chi connectivity index (χ4n) is 3.49. The molecule has 4 nitrogen and oxygen atoms in total. The standard InChI is InChI=1S/C18H24F3N3OS/c19-18(20,21)14-1-3-15(4-2-14)23-17(25)22-11-13-5-8-24(9-6-13)16-7-10-26-12-16/h1-4,13,16H,5-12H2,(H2,22,23,25). The van der Waals surface area contributed by atoms with Crippen molar-refractivity contribution in [1.82, 2.24) is 10.2 Å². The van der Waals surface area contributed by atoms with Gasteiger partial charge in [0, 0.05) is 24.0 Å². The molecule has 0 aromatic heterocycles. The zero-order valence-electron chi connectivity index (χ0n) is 14.5. The summed E-state index contributed by atoms with van der Waals surface area (Å²) in [6.45, 7) is 2.76. The van der Waals surface area contributed by atoms with Crippen molar-refractivity contribution in [2.24, 2.45) is 5.92 Å². The highest BCUT2D eigenvalue weighted by Gasteiger charge is 2.30. The van der Waals surface area contributed by atoms with Gasteiger partial charge in [0.1, 0.15) is 0 Å². The van der Waals surface area contributed by atoms with E-state index in [-0.39, 0.29) is 6.03 Å². The first-order chi connectivity index (χ1) is 12.4. The molecule has 2 N–H and O–H groups in total. The number of carbonyl (C=O) groups excluding carboxylic acids is 1. The van der Waals surface area contributed by atoms with Crippen LogP contribution in [0.3, 0.4) is 0 Å². The van der Waals surface area contributed by atoms with Crippen LogP contribution in [0.2, 0.25) is 0 Å². The van der Waals surface area contributed by atoms with Crippen LogP contribution in [0.1, 0.15) is 24.8 Å². The number of hydrogen-bond acceptors (Lipinski definition) is 3. The maximum absolute atomic E-state index is 12.5. The molecule has 2 aliphatic heterocycles. The second-order valence-electron chi connectivity index (χ2n) is 6.91. The van der Waals surface area contributed by atoms with Crippen LogP contribution in [0, 0.1) is 5.92 Å². The molecule has 8 heteroatoms. The third-order valence-electron chi connectivity index (χ3n) is 5.09. The molecular weight excluding hydrogens is 363 g/mol. The molecular formula is C18H24F3N3OS. The number of anilines is 1. The summed E-state index contributed by atoms with van der Waals surface area (Å²) in [5, 5.41) is 5.42. The predicted octanol–water partition coefficient (Wildman–Crippen LogP) is 4.04. The Morgan fingerprint density at radius 1 is 1.15 bits per heavy atom. The van der Waals surface area contributed by atoms with Gasteiger partial charge in [-0.05, 0) is 68.3 Å². The molecule has 2 fully saturated rings. The van der Waals surface area contributed by atoms with Gasteiger partial charge in [-0.3, -0.25) is 4.90 Å². The van der Waals surface area contributed by atoms with Crippen molar-refractivity contribution in [3.05, 3.63) is 29.8 Å². The number of halogens is 3. The average Bonchev–Trinajstić information content (AvgIpc) is 3.15. The van der Waals surface area contributed by atoms with Crippen LogP contribution >= 0.6 is 11.8 Å². The van der Waals surface area contributed by atoms with E-state index in [1.807, 2.05) is 11.8 Å². The first kappa shape index (κ1) is 19.4. The Hall–Kier alpha value is -1.41. The minimum Gasteiger partial charge on any atom is -0.338 e. The molecule has 0 saturated carbocycles. The number of carbonyl (C=O) groups is 1. The van der Waals surface area contributed by atoms with Gasteiger partial charge < -0.3 is 10.6 Å². The van der Waals surface area contributed by atoms with Gasteiger partial charge in [0.25, 0.3) is 0 Å². The number of rotatable bonds is 4. The Kier molecular flexibility index (Phi) is 6.34. The summed E-state index contributed by atoms with van der Waals surface area (Å²) < 4.78 is 37.6. The highest BCUT2D eigenvalue weighted by Crippen LogP contribution is 2.30. The summed E-state index contributed by atoms with van der Waals surface area (Å²) in [7, 11) is 0. The molecule has 2 aliphatic rings. The van der Waals surface area contributed by atoms with E-state index in [1.54, 1.807) is 0 Å². The van der Waals surface area contributed by atoms with E-state index in [0.717, 1.165) is 44.1 Å². The summed E-state index contributed by atoms with van der Waals surface area (Å²) in [6.07, 6.45) is -0.945. The Bertz CT molecular complexity index is 595. The van der Waals surface area contributed by atoms with Crippen molar-refractivity contribution in [1.29, 1.82) is 0 Å². The van der Waals surface area contributed by atoms with Crippen LogP contribution in [0.4, 0.5) is 23.7 Å². The Morgan fingerprint density at radius 2 is 1.85 bits per heavy atom. The van der Waals surface area contributed by atoms with Crippen molar-refractivity contribution in [2.45, 2.75) is 31.5 Å². The summed E-state index contributed by atoms with van der Waals surface area (Å²) in [6, 6.07) is 4.80. The zero-order valence-corrected chi connectivity index (χ0v) is 15.3. The Labute approximate surface area is 155 Å². The SMILES string of the molecule is O=C(NCC1CCN(C2CCSC2)CC1)Nc1ccc(C(F)(F)F)cc1. The van der Waals surface area contributed by atoms with Gasteiger partial charge in [0.15, 0.2) is 0 Å². The topological polar surface area (TPSA) is 44.4 Å². The lowest BCUT2D eigenvalue weighted by Gasteiger charge is -2.35. The first-order valence-electron chi connectivity index (χ1n) is 8.96. The van der Waals surface area contributed by atoms with Crippen LogP contribution in [-0.2, 0) is 6.18 Å². The number of urea groups is 1. The summed E-state index contributed by atoms with van der Waals surface area (Å²) in [4.78, 5) is 14.5. The fraction of sp³-hybridized carbons (Fsp3) is 0.611. The molecule has 2 amide bonds. The summed E-state index contributed by atoms with van der Waals surface area (Å²) in [5.41, 5.74) is -0.375. The van der Waals surface area contributed by atoms with Gasteiger partial charge in [0.05, 0.1) is 5.56 Å². The van der Waals surface area contributed by atoms with Gasteiger partial charge in [-0.15, -0.1) is 0 Å². The lowest BCUT2D eigenvalue weighted by atomic mass is 9.95. The lowest BCUT2D eigenvalue weighted by molar-refractivity contribution is -0.137. The first-order valence-corrected chi connectivity index (χ1v) is 10.1. The fourth-order valence-corrected chi connectivity index (χ4v) is 4.74. The number of nitrogens with one attached hydrogen (secondary N) is 2. The van der Waals surface area contributed by atoms with Crippen LogP contribution in [0.5, 0.6) is 0 Å². The summed E-state index contributed by atoms with van der Waals surface area (Å²) in [5.74, 6) is 2.95. The minimum atomic E-state index is -4.37. The van der Waals surface area contributed by atoms with E-state index in [4.69, 9.17) is 0 Å². The van der Waals surface area contributed by atoms with Crippen molar-refractivity contribution < 1.29 is 18.0 Å². The van der Waals surface area contributed by atoms with E-state index in [9.17, 15) is 18.0 Å². The average molecular weight is 387 g/mol. The quantitative estimate of drug-likeness (QED) is 0.819. The number of piperidine rings is 1. The number of thioether (sulfide) groups is 1. The number of likely N-dealkylation sites (tertiary alicyclic amines) is 1. The smallest absolute Gasteiger partial charge is 0.338 e. The van der Waals surface area contributed by atoms with Crippen LogP contribution in [0.25, 0.3) is 0 Å². The van der Waals surface area contributed by atoms with E-state index >= 15 is 0 Å². The van der Waals surface area contributed by atoms with Crippen molar-refractivity contribution >= 4 is 23.5 Å². The number of nitrogens with zero attached hydrogens (tertiary/aromatic N) is 1. The maximum Gasteiger partial charge on any atom is 0.416 e. The van der Waals surface area contributed by atoms with E-state index in [2.05, 4.69) is 15.5 Å². The van der Waals surface area contributed by atoms with E-state index < -0.39 is 11.7 Å². The minimum absolute atomic E-state index is 0.351. The number of hydrogen-bond donors (Lipinski definition) is 2. The molecule has 0 spiro atoms. The number of alkyl halides is 3. The molecule has 3 rings (SSSR count). The van der Waals surface area contributed by atoms with Crippen molar-refractivity contribution in [2.75, 3.05) is 36.5 Å². The number of benzene rings is 1.